The molecule has 1 aromatic carbocycles. The van der Waals surface area contributed by atoms with Crippen molar-refractivity contribution >= 4 is 22.2 Å². The van der Waals surface area contributed by atoms with Crippen LogP contribution in [0, 0.1) is 0 Å². The van der Waals surface area contributed by atoms with Crippen LogP contribution in [0.3, 0.4) is 0 Å². The second-order valence-corrected chi connectivity index (χ2v) is 7.52. The molecule has 0 fully saturated rings. The summed E-state index contributed by atoms with van der Waals surface area (Å²) in [6.45, 7) is 3.89. The standard InChI is InChI=1S/C21H19N5OS/c1-14(2)26-18(27)11-10-17(25-26)20-19(15-7-4-3-5-8-15)24-21(28-20)23-16-9-6-12-22-13-16/h3-14H,1-2H3,(H,23,24). The minimum atomic E-state index is -0.113. The van der Waals surface area contributed by atoms with Crippen molar-refractivity contribution in [2.24, 2.45) is 0 Å². The smallest absolute Gasteiger partial charge is 0.267 e. The molecule has 0 aliphatic rings. The van der Waals surface area contributed by atoms with E-state index in [1.54, 1.807) is 24.5 Å². The lowest BCUT2D eigenvalue weighted by Crippen LogP contribution is -2.23. The average Bonchev–Trinajstić information content (AvgIpc) is 3.13. The van der Waals surface area contributed by atoms with Crippen LogP contribution in [-0.2, 0) is 0 Å². The SMILES string of the molecule is CC(C)n1nc(-c2sc(Nc3cccnc3)nc2-c2ccccc2)ccc1=O. The maximum Gasteiger partial charge on any atom is 0.267 e. The highest BCUT2D eigenvalue weighted by Gasteiger charge is 2.17. The molecule has 140 valence electrons. The zero-order chi connectivity index (χ0) is 19.5. The molecule has 4 aromatic rings. The van der Waals surface area contributed by atoms with Crippen LogP contribution < -0.4 is 10.9 Å². The fraction of sp³-hybridized carbons (Fsp3) is 0.143. The molecule has 3 heterocycles. The van der Waals surface area contributed by atoms with Gasteiger partial charge in [0.05, 0.1) is 28.5 Å². The van der Waals surface area contributed by atoms with Gasteiger partial charge in [0.25, 0.3) is 5.56 Å². The molecule has 3 aromatic heterocycles. The molecule has 0 aliphatic heterocycles. The number of rotatable bonds is 5. The molecule has 0 spiro atoms. The summed E-state index contributed by atoms with van der Waals surface area (Å²) in [6.07, 6.45) is 3.48. The summed E-state index contributed by atoms with van der Waals surface area (Å²) in [5.74, 6) is 0. The predicted octanol–water partition coefficient (Wildman–Crippen LogP) is 4.75. The van der Waals surface area contributed by atoms with Gasteiger partial charge in [-0.3, -0.25) is 9.78 Å². The van der Waals surface area contributed by atoms with Gasteiger partial charge < -0.3 is 5.32 Å². The Morgan fingerprint density at radius 2 is 1.86 bits per heavy atom. The highest BCUT2D eigenvalue weighted by atomic mass is 32.1. The van der Waals surface area contributed by atoms with Gasteiger partial charge in [-0.1, -0.05) is 41.7 Å². The number of hydrogen-bond acceptors (Lipinski definition) is 6. The van der Waals surface area contributed by atoms with E-state index >= 15 is 0 Å². The molecule has 0 aliphatic carbocycles. The molecule has 0 unspecified atom stereocenters. The maximum absolute atomic E-state index is 12.1. The Hall–Kier alpha value is -3.32. The molecule has 0 radical (unpaired) electrons. The van der Waals surface area contributed by atoms with Crippen LogP contribution >= 0.6 is 11.3 Å². The van der Waals surface area contributed by atoms with Crippen molar-refractivity contribution in [2.75, 3.05) is 5.32 Å². The van der Waals surface area contributed by atoms with Gasteiger partial charge in [0, 0.05) is 17.8 Å². The Morgan fingerprint density at radius 1 is 1.04 bits per heavy atom. The molecular formula is C21H19N5OS. The van der Waals surface area contributed by atoms with Crippen molar-refractivity contribution < 1.29 is 0 Å². The van der Waals surface area contributed by atoms with Gasteiger partial charge in [0.2, 0.25) is 0 Å². The van der Waals surface area contributed by atoms with Crippen LogP contribution in [0.4, 0.5) is 10.8 Å². The fourth-order valence-corrected chi connectivity index (χ4v) is 3.79. The number of pyridine rings is 1. The van der Waals surface area contributed by atoms with Crippen molar-refractivity contribution in [3.63, 3.8) is 0 Å². The molecule has 0 amide bonds. The number of hydrogen-bond donors (Lipinski definition) is 1. The van der Waals surface area contributed by atoms with Crippen molar-refractivity contribution in [3.8, 4) is 21.8 Å². The molecule has 0 saturated heterocycles. The number of aromatic nitrogens is 4. The van der Waals surface area contributed by atoms with Crippen LogP contribution in [-0.4, -0.2) is 19.7 Å². The van der Waals surface area contributed by atoms with Gasteiger partial charge >= 0.3 is 0 Å². The summed E-state index contributed by atoms with van der Waals surface area (Å²) in [5, 5.41) is 8.63. The van der Waals surface area contributed by atoms with Crippen LogP contribution in [0.25, 0.3) is 21.8 Å². The number of thiazole rings is 1. The number of nitrogens with zero attached hydrogens (tertiary/aromatic N) is 4. The Bertz CT molecular complexity index is 1140. The number of nitrogens with one attached hydrogen (secondary N) is 1. The van der Waals surface area contributed by atoms with Crippen molar-refractivity contribution in [3.05, 3.63) is 77.3 Å². The van der Waals surface area contributed by atoms with Gasteiger partial charge in [-0.05, 0) is 32.0 Å². The van der Waals surface area contributed by atoms with E-state index in [4.69, 9.17) is 4.98 Å². The third-order valence-electron chi connectivity index (χ3n) is 4.13. The summed E-state index contributed by atoms with van der Waals surface area (Å²) in [7, 11) is 0. The number of anilines is 2. The van der Waals surface area contributed by atoms with E-state index in [0.717, 1.165) is 32.6 Å². The molecular weight excluding hydrogens is 370 g/mol. The summed E-state index contributed by atoms with van der Waals surface area (Å²) >= 11 is 1.50. The van der Waals surface area contributed by atoms with E-state index in [2.05, 4.69) is 15.4 Å². The lowest BCUT2D eigenvalue weighted by atomic mass is 10.1. The maximum atomic E-state index is 12.1. The van der Waals surface area contributed by atoms with Crippen molar-refractivity contribution in [1.29, 1.82) is 0 Å². The molecule has 4 rings (SSSR count). The zero-order valence-corrected chi connectivity index (χ0v) is 16.4. The van der Waals surface area contributed by atoms with E-state index in [-0.39, 0.29) is 11.6 Å². The first-order chi connectivity index (χ1) is 13.6. The number of benzene rings is 1. The molecule has 28 heavy (non-hydrogen) atoms. The normalized spacial score (nSPS) is 11.0. The molecule has 0 bridgehead atoms. The molecule has 1 N–H and O–H groups in total. The van der Waals surface area contributed by atoms with Crippen LogP contribution in [0.2, 0.25) is 0 Å². The van der Waals surface area contributed by atoms with E-state index in [0.29, 0.717) is 0 Å². The second-order valence-electron chi connectivity index (χ2n) is 6.52. The predicted molar refractivity (Wildman–Crippen MR) is 113 cm³/mol. The molecule has 6 nitrogen and oxygen atoms in total. The Kier molecular flexibility index (Phi) is 4.99. The summed E-state index contributed by atoms with van der Waals surface area (Å²) < 4.78 is 1.50. The van der Waals surface area contributed by atoms with Crippen LogP contribution in [0.5, 0.6) is 0 Å². The van der Waals surface area contributed by atoms with Crippen LogP contribution in [0.15, 0.2) is 71.8 Å². The lowest BCUT2D eigenvalue weighted by Gasteiger charge is -2.09. The molecule has 0 atom stereocenters. The average molecular weight is 389 g/mol. The third kappa shape index (κ3) is 3.70. The Balaban J connectivity index is 1.83. The van der Waals surface area contributed by atoms with Crippen molar-refractivity contribution in [1.82, 2.24) is 19.7 Å². The Labute approximate surface area is 166 Å². The van der Waals surface area contributed by atoms with Gasteiger partial charge in [-0.2, -0.15) is 5.10 Å². The van der Waals surface area contributed by atoms with E-state index in [1.165, 1.54) is 16.0 Å². The molecule has 7 heteroatoms. The zero-order valence-electron chi connectivity index (χ0n) is 15.5. The monoisotopic (exact) mass is 389 g/mol. The largest absolute Gasteiger partial charge is 0.330 e. The highest BCUT2D eigenvalue weighted by Crippen LogP contribution is 2.38. The summed E-state index contributed by atoms with van der Waals surface area (Å²) in [5.41, 5.74) is 3.31. The van der Waals surface area contributed by atoms with E-state index in [9.17, 15) is 4.79 Å². The Morgan fingerprint density at radius 3 is 2.57 bits per heavy atom. The van der Waals surface area contributed by atoms with Gasteiger partial charge in [0.1, 0.15) is 5.69 Å². The fourth-order valence-electron chi connectivity index (χ4n) is 2.82. The van der Waals surface area contributed by atoms with Gasteiger partial charge in [-0.15, -0.1) is 0 Å². The van der Waals surface area contributed by atoms with Crippen LogP contribution in [0.1, 0.15) is 19.9 Å². The first-order valence-corrected chi connectivity index (χ1v) is 9.77. The highest BCUT2D eigenvalue weighted by molar-refractivity contribution is 7.19. The minimum Gasteiger partial charge on any atom is -0.330 e. The summed E-state index contributed by atoms with van der Waals surface area (Å²) in [6, 6.07) is 17.1. The lowest BCUT2D eigenvalue weighted by molar-refractivity contribution is 0.505. The minimum absolute atomic E-state index is 0.0199. The van der Waals surface area contributed by atoms with E-state index in [1.807, 2.05) is 56.3 Å². The topological polar surface area (TPSA) is 72.7 Å². The first-order valence-electron chi connectivity index (χ1n) is 8.95. The summed E-state index contributed by atoms with van der Waals surface area (Å²) in [4.78, 5) is 22.0. The molecule has 0 saturated carbocycles. The second kappa shape index (κ2) is 7.74. The van der Waals surface area contributed by atoms with Gasteiger partial charge in [-0.25, -0.2) is 9.67 Å². The third-order valence-corrected chi connectivity index (χ3v) is 5.13. The quantitative estimate of drug-likeness (QED) is 0.533. The van der Waals surface area contributed by atoms with Crippen molar-refractivity contribution in [2.45, 2.75) is 19.9 Å². The van der Waals surface area contributed by atoms with Gasteiger partial charge in [0.15, 0.2) is 5.13 Å². The first kappa shape index (κ1) is 18.1. The van der Waals surface area contributed by atoms with E-state index < -0.39 is 0 Å².